The highest BCUT2D eigenvalue weighted by Crippen LogP contribution is 2.27. The molecule has 0 atom stereocenters. The quantitative estimate of drug-likeness (QED) is 0.762. The summed E-state index contributed by atoms with van der Waals surface area (Å²) in [5, 5.41) is 6.87. The van der Waals surface area contributed by atoms with Gasteiger partial charge in [-0.05, 0) is 17.8 Å². The average molecular weight is 281 g/mol. The van der Waals surface area contributed by atoms with Crippen LogP contribution in [0.15, 0.2) is 27.2 Å². The number of esters is 1. The van der Waals surface area contributed by atoms with Crippen molar-refractivity contribution in [2.75, 3.05) is 12.8 Å². The van der Waals surface area contributed by atoms with Gasteiger partial charge in [-0.15, -0.1) is 5.10 Å². The van der Waals surface area contributed by atoms with Gasteiger partial charge >= 0.3 is 11.7 Å². The summed E-state index contributed by atoms with van der Waals surface area (Å²) in [5.41, 5.74) is 5.81. The molecule has 8 nitrogen and oxygen atoms in total. The lowest BCUT2D eigenvalue weighted by Gasteiger charge is -2.06. The maximum absolute atomic E-state index is 11.6. The highest BCUT2D eigenvalue weighted by atomic mass is 32.2. The zero-order chi connectivity index (χ0) is 14.0. The fourth-order valence-electron chi connectivity index (χ4n) is 1.32. The largest absolute Gasteiger partial charge is 0.465 e. The van der Waals surface area contributed by atoms with Crippen molar-refractivity contribution in [3.05, 3.63) is 28.3 Å². The van der Waals surface area contributed by atoms with E-state index in [9.17, 15) is 9.59 Å². The highest BCUT2D eigenvalue weighted by Gasteiger charge is 2.17. The summed E-state index contributed by atoms with van der Waals surface area (Å²) in [5.74, 6) is -0.553. The number of nitrogens with one attached hydrogen (secondary N) is 1. The first-order valence-corrected chi connectivity index (χ1v) is 5.97. The molecule has 0 aromatic carbocycles. The van der Waals surface area contributed by atoms with E-state index in [2.05, 4.69) is 19.9 Å². The van der Waals surface area contributed by atoms with E-state index in [1.165, 1.54) is 23.9 Å². The van der Waals surface area contributed by atoms with E-state index in [-0.39, 0.29) is 11.3 Å². The Morgan fingerprint density at radius 3 is 2.89 bits per heavy atom. The summed E-state index contributed by atoms with van der Waals surface area (Å²) in [6, 6.07) is 1.46. The van der Waals surface area contributed by atoms with E-state index in [0.29, 0.717) is 15.9 Å². The van der Waals surface area contributed by atoms with Gasteiger partial charge in [0.1, 0.15) is 5.03 Å². The Morgan fingerprint density at radius 1 is 1.58 bits per heavy atom. The van der Waals surface area contributed by atoms with Crippen molar-refractivity contribution in [2.24, 2.45) is 7.05 Å². The third kappa shape index (κ3) is 2.60. The predicted octanol–water partition coefficient (Wildman–Crippen LogP) is 0.0234. The molecule has 2 heterocycles. The van der Waals surface area contributed by atoms with Crippen LogP contribution in [0.5, 0.6) is 0 Å². The van der Waals surface area contributed by atoms with Gasteiger partial charge < -0.3 is 10.5 Å². The van der Waals surface area contributed by atoms with Crippen LogP contribution >= 0.6 is 11.8 Å². The van der Waals surface area contributed by atoms with E-state index in [1.54, 1.807) is 7.05 Å². The van der Waals surface area contributed by atoms with Gasteiger partial charge in [0.25, 0.3) is 0 Å². The molecule has 0 amide bonds. The number of hydrogen-bond donors (Lipinski definition) is 2. The van der Waals surface area contributed by atoms with Gasteiger partial charge in [-0.1, -0.05) is 0 Å². The van der Waals surface area contributed by atoms with Crippen LogP contribution in [-0.2, 0) is 11.8 Å². The van der Waals surface area contributed by atoms with E-state index < -0.39 is 5.97 Å². The maximum Gasteiger partial charge on any atom is 0.343 e. The van der Waals surface area contributed by atoms with Gasteiger partial charge in [0.05, 0.1) is 24.6 Å². The normalized spacial score (nSPS) is 10.4. The number of hydrogen-bond acceptors (Lipinski definition) is 7. The lowest BCUT2D eigenvalue weighted by atomic mass is 10.3. The van der Waals surface area contributed by atoms with Crippen LogP contribution < -0.4 is 11.4 Å². The molecule has 19 heavy (non-hydrogen) atoms. The lowest BCUT2D eigenvalue weighted by molar-refractivity contribution is 0.0596. The van der Waals surface area contributed by atoms with E-state index in [1.807, 2.05) is 0 Å². The van der Waals surface area contributed by atoms with Crippen molar-refractivity contribution in [3.63, 3.8) is 0 Å². The number of H-pyrrole nitrogens is 1. The van der Waals surface area contributed by atoms with Crippen molar-refractivity contribution >= 4 is 23.4 Å². The minimum atomic E-state index is -0.553. The molecule has 0 bridgehead atoms. The highest BCUT2D eigenvalue weighted by molar-refractivity contribution is 7.99. The number of nitrogens with two attached hydrogens (primary N) is 1. The summed E-state index contributed by atoms with van der Waals surface area (Å²) in [4.78, 5) is 27.0. The van der Waals surface area contributed by atoms with Crippen molar-refractivity contribution in [1.29, 1.82) is 0 Å². The van der Waals surface area contributed by atoms with E-state index >= 15 is 0 Å². The summed E-state index contributed by atoms with van der Waals surface area (Å²) in [6.07, 6.45) is 1.42. The molecule has 0 spiro atoms. The first kappa shape index (κ1) is 13.1. The van der Waals surface area contributed by atoms with Gasteiger partial charge in [-0.2, -0.15) is 0 Å². The Morgan fingerprint density at radius 2 is 2.32 bits per heavy atom. The molecule has 3 N–H and O–H groups in total. The molecule has 0 radical (unpaired) electrons. The standard InChI is InChI=1S/C10H11N5O3S/c1-15-9(17)13-14-10(15)19-7-6(8(16)18-2)3-5(11)4-12-7/h3-4H,11H2,1-2H3,(H,13,17). The molecule has 0 aliphatic rings. The topological polar surface area (TPSA) is 116 Å². The molecular weight excluding hydrogens is 270 g/mol. The van der Waals surface area contributed by atoms with Gasteiger partial charge in [0.2, 0.25) is 0 Å². The third-order valence-corrected chi connectivity index (χ3v) is 3.37. The second-order valence-electron chi connectivity index (χ2n) is 3.59. The van der Waals surface area contributed by atoms with Gasteiger partial charge in [-0.25, -0.2) is 19.7 Å². The van der Waals surface area contributed by atoms with Crippen LogP contribution in [0.4, 0.5) is 5.69 Å². The number of carbonyl (C=O) groups excluding carboxylic acids is 1. The SMILES string of the molecule is COC(=O)c1cc(N)cnc1Sc1n[nH]c(=O)n1C. The third-order valence-electron chi connectivity index (χ3n) is 2.30. The molecule has 0 saturated carbocycles. The zero-order valence-corrected chi connectivity index (χ0v) is 11.0. The number of ether oxygens (including phenoxy) is 1. The molecule has 0 aliphatic heterocycles. The molecule has 0 aliphatic carbocycles. The molecule has 100 valence electrons. The number of aromatic amines is 1. The summed E-state index contributed by atoms with van der Waals surface area (Å²) in [6.45, 7) is 0. The Bertz CT molecular complexity index is 678. The Hall–Kier alpha value is -2.29. The Labute approximate surface area is 112 Å². The number of nitrogen functional groups attached to an aromatic ring is 1. The molecule has 2 rings (SSSR count). The smallest absolute Gasteiger partial charge is 0.343 e. The van der Waals surface area contributed by atoms with Gasteiger partial charge in [0.15, 0.2) is 5.16 Å². The number of aromatic nitrogens is 4. The molecule has 2 aromatic rings. The van der Waals surface area contributed by atoms with Crippen LogP contribution in [0, 0.1) is 0 Å². The molecule has 2 aromatic heterocycles. The minimum absolute atomic E-state index is 0.225. The molecule has 0 unspecified atom stereocenters. The van der Waals surface area contributed by atoms with Gasteiger partial charge in [-0.3, -0.25) is 4.57 Å². The summed E-state index contributed by atoms with van der Waals surface area (Å²) < 4.78 is 5.97. The Kier molecular flexibility index (Phi) is 3.56. The number of anilines is 1. The summed E-state index contributed by atoms with van der Waals surface area (Å²) >= 11 is 1.07. The van der Waals surface area contributed by atoms with Crippen molar-refractivity contribution in [1.82, 2.24) is 19.7 Å². The number of pyridine rings is 1. The lowest BCUT2D eigenvalue weighted by Crippen LogP contribution is -2.13. The molecule has 0 saturated heterocycles. The van der Waals surface area contributed by atoms with Crippen LogP contribution in [0.3, 0.4) is 0 Å². The first-order chi connectivity index (χ1) is 9.02. The van der Waals surface area contributed by atoms with Gasteiger partial charge in [0, 0.05) is 7.05 Å². The van der Waals surface area contributed by atoms with Crippen LogP contribution in [0.25, 0.3) is 0 Å². The second kappa shape index (κ2) is 5.14. The van der Waals surface area contributed by atoms with Crippen LogP contribution in [0.2, 0.25) is 0 Å². The van der Waals surface area contributed by atoms with E-state index in [4.69, 9.17) is 5.73 Å². The maximum atomic E-state index is 11.6. The fourth-order valence-corrected chi connectivity index (χ4v) is 2.16. The minimum Gasteiger partial charge on any atom is -0.465 e. The predicted molar refractivity (Wildman–Crippen MR) is 67.9 cm³/mol. The number of methoxy groups -OCH3 is 1. The molecule has 9 heteroatoms. The van der Waals surface area contributed by atoms with Crippen LogP contribution in [-0.4, -0.2) is 32.8 Å². The average Bonchev–Trinajstić information content (AvgIpc) is 2.71. The molecular formula is C10H11N5O3S. The second-order valence-corrected chi connectivity index (χ2v) is 4.54. The Balaban J connectivity index is 2.42. The number of rotatable bonds is 3. The monoisotopic (exact) mass is 281 g/mol. The van der Waals surface area contributed by atoms with Crippen molar-refractivity contribution in [2.45, 2.75) is 10.2 Å². The molecule has 0 fully saturated rings. The van der Waals surface area contributed by atoms with Crippen molar-refractivity contribution < 1.29 is 9.53 Å². The van der Waals surface area contributed by atoms with Crippen LogP contribution in [0.1, 0.15) is 10.4 Å². The van der Waals surface area contributed by atoms with E-state index in [0.717, 1.165) is 11.8 Å². The number of carbonyl (C=O) groups is 1. The number of nitrogens with zero attached hydrogens (tertiary/aromatic N) is 3. The van der Waals surface area contributed by atoms with Crippen molar-refractivity contribution in [3.8, 4) is 0 Å². The summed E-state index contributed by atoms with van der Waals surface area (Å²) in [7, 11) is 2.83. The first-order valence-electron chi connectivity index (χ1n) is 5.16. The fraction of sp³-hybridized carbons (Fsp3) is 0.200. The zero-order valence-electron chi connectivity index (χ0n) is 10.2.